The zero-order valence-electron chi connectivity index (χ0n) is 12.6. The Hall–Kier alpha value is -2.00. The highest BCUT2D eigenvalue weighted by Gasteiger charge is 2.21. The molecule has 0 aliphatic rings. The number of carbonyl (C=O) groups is 1. The molecule has 2 aromatic carbocycles. The van der Waals surface area contributed by atoms with Gasteiger partial charge in [0.05, 0.1) is 5.02 Å². The molecule has 0 saturated heterocycles. The van der Waals surface area contributed by atoms with Crippen LogP contribution in [0.15, 0.2) is 48.5 Å². The first-order valence-electron chi connectivity index (χ1n) is 7.20. The quantitative estimate of drug-likeness (QED) is 0.850. The molecule has 1 atom stereocenters. The average molecular weight is 319 g/mol. The molecule has 0 radical (unpaired) electrons. The Morgan fingerprint density at radius 3 is 2.32 bits per heavy atom. The van der Waals surface area contributed by atoms with E-state index in [0.29, 0.717) is 23.1 Å². The second-order valence-corrected chi connectivity index (χ2v) is 5.88. The smallest absolute Gasteiger partial charge is 0.345 e. The minimum atomic E-state index is -1.01. The fourth-order valence-corrected chi connectivity index (χ4v) is 2.31. The molecular formula is C18H19ClO3. The zero-order chi connectivity index (χ0) is 16.1. The lowest BCUT2D eigenvalue weighted by atomic mass is 10.00. The number of hydrogen-bond acceptors (Lipinski definition) is 2. The van der Waals surface area contributed by atoms with Gasteiger partial charge in [-0.3, -0.25) is 0 Å². The topological polar surface area (TPSA) is 46.5 Å². The molecular weight excluding hydrogens is 300 g/mol. The van der Waals surface area contributed by atoms with Crippen molar-refractivity contribution in [2.75, 3.05) is 0 Å². The fraction of sp³-hybridized carbons (Fsp3) is 0.278. The van der Waals surface area contributed by atoms with Gasteiger partial charge in [0.1, 0.15) is 5.75 Å². The van der Waals surface area contributed by atoms with Crippen LogP contribution in [0.1, 0.15) is 30.9 Å². The highest BCUT2D eigenvalue weighted by molar-refractivity contribution is 6.32. The maximum absolute atomic E-state index is 11.4. The van der Waals surface area contributed by atoms with E-state index >= 15 is 0 Å². The zero-order valence-corrected chi connectivity index (χ0v) is 13.4. The molecule has 0 aromatic heterocycles. The van der Waals surface area contributed by atoms with E-state index in [2.05, 4.69) is 13.8 Å². The van der Waals surface area contributed by atoms with Crippen LogP contribution in [-0.4, -0.2) is 17.2 Å². The van der Waals surface area contributed by atoms with Crippen molar-refractivity contribution < 1.29 is 14.6 Å². The molecule has 0 fully saturated rings. The molecule has 0 bridgehead atoms. The number of hydrogen-bond donors (Lipinski definition) is 1. The molecule has 116 valence electrons. The van der Waals surface area contributed by atoms with E-state index in [1.54, 1.807) is 24.3 Å². The van der Waals surface area contributed by atoms with Crippen LogP contribution in [0.3, 0.4) is 0 Å². The van der Waals surface area contributed by atoms with Crippen molar-refractivity contribution in [3.63, 3.8) is 0 Å². The maximum atomic E-state index is 11.4. The van der Waals surface area contributed by atoms with Crippen LogP contribution in [0.4, 0.5) is 0 Å². The summed E-state index contributed by atoms with van der Waals surface area (Å²) in [6.45, 7) is 4.24. The predicted octanol–water partition coefficient (Wildman–Crippen LogP) is 4.54. The van der Waals surface area contributed by atoms with Gasteiger partial charge in [0.25, 0.3) is 0 Å². The van der Waals surface area contributed by atoms with Crippen LogP contribution in [0.2, 0.25) is 5.02 Å². The van der Waals surface area contributed by atoms with Crippen molar-refractivity contribution in [3.8, 4) is 5.75 Å². The van der Waals surface area contributed by atoms with E-state index in [1.165, 1.54) is 5.56 Å². The lowest BCUT2D eigenvalue weighted by Gasteiger charge is -2.16. The van der Waals surface area contributed by atoms with E-state index in [-0.39, 0.29) is 0 Å². The van der Waals surface area contributed by atoms with Crippen molar-refractivity contribution in [1.29, 1.82) is 0 Å². The van der Waals surface area contributed by atoms with Crippen molar-refractivity contribution in [1.82, 2.24) is 0 Å². The molecule has 0 aliphatic heterocycles. The number of ether oxygens (including phenoxy) is 1. The first-order chi connectivity index (χ1) is 10.5. The third kappa shape index (κ3) is 4.25. The average Bonchev–Trinajstić information content (AvgIpc) is 2.49. The fourth-order valence-electron chi connectivity index (χ4n) is 2.13. The Bertz CT molecular complexity index is 635. The van der Waals surface area contributed by atoms with Gasteiger partial charge in [0, 0.05) is 6.42 Å². The summed E-state index contributed by atoms with van der Waals surface area (Å²) in [7, 11) is 0. The largest absolute Gasteiger partial charge is 0.478 e. The minimum absolute atomic E-state index is 0.291. The van der Waals surface area contributed by atoms with Crippen molar-refractivity contribution in [2.45, 2.75) is 32.3 Å². The highest BCUT2D eigenvalue weighted by Crippen LogP contribution is 2.25. The number of para-hydroxylation sites is 1. The minimum Gasteiger partial charge on any atom is -0.478 e. The Morgan fingerprint density at radius 2 is 1.77 bits per heavy atom. The summed E-state index contributed by atoms with van der Waals surface area (Å²) in [5.41, 5.74) is 2.14. The molecule has 4 heteroatoms. The second kappa shape index (κ2) is 7.32. The summed E-state index contributed by atoms with van der Waals surface area (Å²) < 4.78 is 5.56. The van der Waals surface area contributed by atoms with Crippen molar-refractivity contribution in [2.24, 2.45) is 0 Å². The van der Waals surface area contributed by atoms with Gasteiger partial charge in [-0.2, -0.15) is 0 Å². The summed E-state index contributed by atoms with van der Waals surface area (Å²) in [5.74, 6) is -0.174. The van der Waals surface area contributed by atoms with Gasteiger partial charge < -0.3 is 9.84 Å². The summed E-state index contributed by atoms with van der Waals surface area (Å²) in [6, 6.07) is 14.8. The lowest BCUT2D eigenvalue weighted by molar-refractivity contribution is -0.145. The predicted molar refractivity (Wildman–Crippen MR) is 87.7 cm³/mol. The summed E-state index contributed by atoms with van der Waals surface area (Å²) in [4.78, 5) is 11.4. The molecule has 0 amide bonds. The van der Waals surface area contributed by atoms with Crippen LogP contribution in [-0.2, 0) is 11.2 Å². The van der Waals surface area contributed by atoms with E-state index < -0.39 is 12.1 Å². The SMILES string of the molecule is CC(C)c1ccc(C[C@@H](Oc2ccccc2Cl)C(=O)O)cc1. The summed E-state index contributed by atoms with van der Waals surface area (Å²) in [5, 5.41) is 9.77. The number of aliphatic carboxylic acids is 1. The Labute approximate surface area is 135 Å². The first-order valence-corrected chi connectivity index (χ1v) is 7.58. The molecule has 0 unspecified atom stereocenters. The van der Waals surface area contributed by atoms with Gasteiger partial charge >= 0.3 is 5.97 Å². The number of halogens is 1. The molecule has 0 heterocycles. The number of rotatable bonds is 6. The molecule has 2 aromatic rings. The van der Waals surface area contributed by atoms with Gasteiger partial charge in [0.15, 0.2) is 6.10 Å². The summed E-state index contributed by atoms with van der Waals surface area (Å²) >= 11 is 6.01. The number of carboxylic acid groups (broad SMARTS) is 1. The van der Waals surface area contributed by atoms with Gasteiger partial charge in [-0.15, -0.1) is 0 Å². The standard InChI is InChI=1S/C18H19ClO3/c1-12(2)14-9-7-13(8-10-14)11-17(18(20)21)22-16-6-4-3-5-15(16)19/h3-10,12,17H,11H2,1-2H3,(H,20,21)/t17-/m1/s1. The monoisotopic (exact) mass is 318 g/mol. The molecule has 22 heavy (non-hydrogen) atoms. The van der Waals surface area contributed by atoms with E-state index in [1.807, 2.05) is 24.3 Å². The van der Waals surface area contributed by atoms with E-state index in [9.17, 15) is 9.90 Å². The highest BCUT2D eigenvalue weighted by atomic mass is 35.5. The summed E-state index contributed by atoms with van der Waals surface area (Å²) in [6.07, 6.45) is -0.677. The van der Waals surface area contributed by atoms with E-state index in [0.717, 1.165) is 5.56 Å². The van der Waals surface area contributed by atoms with Crippen molar-refractivity contribution >= 4 is 17.6 Å². The molecule has 2 rings (SSSR count). The van der Waals surface area contributed by atoms with Gasteiger partial charge in [-0.1, -0.05) is 61.8 Å². The van der Waals surface area contributed by atoms with Crippen LogP contribution in [0.25, 0.3) is 0 Å². The van der Waals surface area contributed by atoms with Crippen molar-refractivity contribution in [3.05, 3.63) is 64.7 Å². The van der Waals surface area contributed by atoms with Crippen LogP contribution in [0, 0.1) is 0 Å². The first kappa shape index (κ1) is 16.4. The third-order valence-corrected chi connectivity index (χ3v) is 3.76. The molecule has 0 aliphatic carbocycles. The molecule has 0 spiro atoms. The maximum Gasteiger partial charge on any atom is 0.345 e. The van der Waals surface area contributed by atoms with Gasteiger partial charge in [-0.05, 0) is 29.2 Å². The molecule has 1 N–H and O–H groups in total. The molecule has 0 saturated carbocycles. The Balaban J connectivity index is 2.12. The van der Waals surface area contributed by atoms with Gasteiger partial charge in [-0.25, -0.2) is 4.79 Å². The lowest BCUT2D eigenvalue weighted by Crippen LogP contribution is -2.29. The third-order valence-electron chi connectivity index (χ3n) is 3.45. The Kier molecular flexibility index (Phi) is 5.45. The van der Waals surface area contributed by atoms with Gasteiger partial charge in [0.2, 0.25) is 0 Å². The molecule has 3 nitrogen and oxygen atoms in total. The van der Waals surface area contributed by atoms with Crippen LogP contribution in [0.5, 0.6) is 5.75 Å². The normalized spacial score (nSPS) is 12.2. The van der Waals surface area contributed by atoms with Crippen LogP contribution >= 0.6 is 11.6 Å². The Morgan fingerprint density at radius 1 is 1.14 bits per heavy atom. The van der Waals surface area contributed by atoms with E-state index in [4.69, 9.17) is 16.3 Å². The van der Waals surface area contributed by atoms with Crippen LogP contribution < -0.4 is 4.74 Å². The number of carboxylic acids is 1. The number of benzene rings is 2. The second-order valence-electron chi connectivity index (χ2n) is 5.48.